The van der Waals surface area contributed by atoms with Gasteiger partial charge in [0.05, 0.1) is 28.4 Å². The van der Waals surface area contributed by atoms with Crippen molar-refractivity contribution >= 4 is 34.0 Å². The summed E-state index contributed by atoms with van der Waals surface area (Å²) < 4.78 is 21.6. The summed E-state index contributed by atoms with van der Waals surface area (Å²) in [5, 5.41) is 8.31. The molecule has 2 aromatic carbocycles. The molecule has 0 bridgehead atoms. The number of hydrogen-bond acceptors (Lipinski definition) is 9. The van der Waals surface area contributed by atoms with Gasteiger partial charge in [0.25, 0.3) is 0 Å². The minimum atomic E-state index is 0.386. The first-order valence-corrected chi connectivity index (χ1v) is 9.76. The third kappa shape index (κ3) is 4.27. The number of rotatable bonds is 8. The topological polar surface area (TPSA) is 99.7 Å². The van der Waals surface area contributed by atoms with E-state index in [-0.39, 0.29) is 0 Å². The van der Waals surface area contributed by atoms with E-state index in [1.807, 2.05) is 30.3 Å². The first-order valence-electron chi connectivity index (χ1n) is 9.76. The third-order valence-corrected chi connectivity index (χ3v) is 4.73. The Balaban J connectivity index is 1.60. The fraction of sp³-hybridized carbons (Fsp3) is 0.174. The maximum absolute atomic E-state index is 5.44. The van der Waals surface area contributed by atoms with Crippen LogP contribution in [0.2, 0.25) is 0 Å². The second-order valence-corrected chi connectivity index (χ2v) is 6.67. The van der Waals surface area contributed by atoms with Gasteiger partial charge in [0.15, 0.2) is 11.5 Å². The monoisotopic (exact) mass is 433 g/mol. The molecule has 0 saturated heterocycles. The molecule has 0 fully saturated rings. The first kappa shape index (κ1) is 21.0. The van der Waals surface area contributed by atoms with Gasteiger partial charge in [-0.1, -0.05) is 18.2 Å². The fourth-order valence-corrected chi connectivity index (χ4v) is 3.29. The maximum atomic E-state index is 5.44. The minimum Gasteiger partial charge on any atom is -0.493 e. The van der Waals surface area contributed by atoms with Gasteiger partial charge in [-0.05, 0) is 23.6 Å². The van der Waals surface area contributed by atoms with Crippen LogP contribution in [0.25, 0.3) is 10.8 Å². The largest absolute Gasteiger partial charge is 0.493 e. The summed E-state index contributed by atoms with van der Waals surface area (Å²) in [4.78, 5) is 13.4. The summed E-state index contributed by atoms with van der Waals surface area (Å²) in [6.45, 7) is 0. The number of anilines is 4. The Kier molecular flexibility index (Phi) is 6.07. The van der Waals surface area contributed by atoms with Crippen molar-refractivity contribution in [2.45, 2.75) is 0 Å². The summed E-state index contributed by atoms with van der Waals surface area (Å²) in [5.41, 5.74) is 0.683. The molecule has 9 nitrogen and oxygen atoms in total. The van der Waals surface area contributed by atoms with Crippen LogP contribution in [0.4, 0.5) is 23.3 Å². The van der Waals surface area contributed by atoms with Crippen LogP contribution in [0.5, 0.6) is 23.1 Å². The van der Waals surface area contributed by atoms with Crippen LogP contribution < -0.4 is 29.6 Å². The zero-order valence-electron chi connectivity index (χ0n) is 18.2. The molecule has 32 heavy (non-hydrogen) atoms. The Morgan fingerprint density at radius 2 is 1.47 bits per heavy atom. The van der Waals surface area contributed by atoms with Crippen molar-refractivity contribution in [3.63, 3.8) is 0 Å². The van der Waals surface area contributed by atoms with Crippen LogP contribution >= 0.6 is 0 Å². The second kappa shape index (κ2) is 9.25. The SMILES string of the molecule is COc1cc(Nc2nccc(Nc3cc4ccccc4c(OC)n3)n2)cc(OC)c1OC. The van der Waals surface area contributed by atoms with Gasteiger partial charge in [0, 0.05) is 29.4 Å². The van der Waals surface area contributed by atoms with Gasteiger partial charge in [-0.3, -0.25) is 0 Å². The summed E-state index contributed by atoms with van der Waals surface area (Å²) >= 11 is 0. The number of benzene rings is 2. The van der Waals surface area contributed by atoms with E-state index in [0.29, 0.717) is 46.4 Å². The Morgan fingerprint density at radius 3 is 2.16 bits per heavy atom. The number of nitrogens with one attached hydrogen (secondary N) is 2. The van der Waals surface area contributed by atoms with E-state index < -0.39 is 0 Å². The van der Waals surface area contributed by atoms with Crippen LogP contribution in [-0.4, -0.2) is 43.4 Å². The highest BCUT2D eigenvalue weighted by Gasteiger charge is 2.14. The van der Waals surface area contributed by atoms with Crippen molar-refractivity contribution in [3.05, 3.63) is 54.7 Å². The number of hydrogen-bond donors (Lipinski definition) is 2. The molecule has 2 heterocycles. The Morgan fingerprint density at radius 1 is 0.719 bits per heavy atom. The molecule has 0 radical (unpaired) electrons. The molecule has 0 aliphatic heterocycles. The quantitative estimate of drug-likeness (QED) is 0.415. The molecule has 2 N–H and O–H groups in total. The van der Waals surface area contributed by atoms with Crippen molar-refractivity contribution in [2.75, 3.05) is 39.1 Å². The number of nitrogens with zero attached hydrogens (tertiary/aromatic N) is 3. The van der Waals surface area contributed by atoms with Crippen LogP contribution in [-0.2, 0) is 0 Å². The number of fused-ring (bicyclic) bond motifs is 1. The zero-order chi connectivity index (χ0) is 22.5. The molecule has 0 aliphatic rings. The minimum absolute atomic E-state index is 0.386. The van der Waals surface area contributed by atoms with E-state index in [9.17, 15) is 0 Å². The average molecular weight is 433 g/mol. The van der Waals surface area contributed by atoms with E-state index in [1.54, 1.807) is 52.8 Å². The second-order valence-electron chi connectivity index (χ2n) is 6.67. The van der Waals surface area contributed by atoms with Crippen LogP contribution in [0.15, 0.2) is 54.7 Å². The predicted molar refractivity (Wildman–Crippen MR) is 123 cm³/mol. The van der Waals surface area contributed by atoms with Gasteiger partial charge in [0.1, 0.15) is 11.6 Å². The molecule has 0 unspecified atom stereocenters. The maximum Gasteiger partial charge on any atom is 0.229 e. The van der Waals surface area contributed by atoms with E-state index in [0.717, 1.165) is 10.8 Å². The number of ether oxygens (including phenoxy) is 4. The molecular formula is C23H23N5O4. The van der Waals surface area contributed by atoms with Gasteiger partial charge in [0.2, 0.25) is 17.6 Å². The van der Waals surface area contributed by atoms with Gasteiger partial charge in [-0.15, -0.1) is 0 Å². The highest BCUT2D eigenvalue weighted by atomic mass is 16.5. The molecule has 0 atom stereocenters. The van der Waals surface area contributed by atoms with Gasteiger partial charge in [-0.25, -0.2) is 4.98 Å². The Labute approximate surface area is 185 Å². The lowest BCUT2D eigenvalue weighted by atomic mass is 10.1. The molecule has 4 rings (SSSR count). The van der Waals surface area contributed by atoms with Crippen molar-refractivity contribution in [1.82, 2.24) is 15.0 Å². The molecule has 4 aromatic rings. The molecule has 164 valence electrons. The Hall–Kier alpha value is -4.27. The highest BCUT2D eigenvalue weighted by molar-refractivity contribution is 5.89. The summed E-state index contributed by atoms with van der Waals surface area (Å²) in [5.74, 6) is 3.66. The molecule has 0 aliphatic carbocycles. The van der Waals surface area contributed by atoms with Gasteiger partial charge < -0.3 is 29.6 Å². The van der Waals surface area contributed by atoms with E-state index in [1.165, 1.54) is 0 Å². The van der Waals surface area contributed by atoms with E-state index >= 15 is 0 Å². The van der Waals surface area contributed by atoms with Crippen LogP contribution in [0.3, 0.4) is 0 Å². The standard InChI is InChI=1S/C23H23N5O4/c1-29-17-12-15(13-18(30-2)21(17)31-3)25-23-24-10-9-19(28-23)26-20-11-14-7-5-6-8-16(14)22(27-20)32-4/h5-13H,1-4H3,(H2,24,25,26,27,28). The fourth-order valence-electron chi connectivity index (χ4n) is 3.29. The van der Waals surface area contributed by atoms with Crippen molar-refractivity contribution in [1.29, 1.82) is 0 Å². The highest BCUT2D eigenvalue weighted by Crippen LogP contribution is 2.40. The lowest BCUT2D eigenvalue weighted by Crippen LogP contribution is -2.03. The lowest BCUT2D eigenvalue weighted by Gasteiger charge is -2.15. The van der Waals surface area contributed by atoms with E-state index in [2.05, 4.69) is 25.6 Å². The first-order chi connectivity index (χ1) is 15.6. The van der Waals surface area contributed by atoms with Gasteiger partial charge in [-0.2, -0.15) is 9.97 Å². The Bertz CT molecular complexity index is 1220. The summed E-state index contributed by atoms with van der Waals surface area (Å²) in [7, 11) is 6.28. The van der Waals surface area contributed by atoms with E-state index in [4.69, 9.17) is 18.9 Å². The smallest absolute Gasteiger partial charge is 0.229 e. The number of pyridine rings is 1. The number of aromatic nitrogens is 3. The van der Waals surface area contributed by atoms with Crippen molar-refractivity contribution in [3.8, 4) is 23.1 Å². The molecular weight excluding hydrogens is 410 g/mol. The normalized spacial score (nSPS) is 10.5. The predicted octanol–water partition coefficient (Wildman–Crippen LogP) is 4.55. The van der Waals surface area contributed by atoms with Gasteiger partial charge >= 0.3 is 0 Å². The molecule has 0 spiro atoms. The third-order valence-electron chi connectivity index (χ3n) is 4.73. The molecule has 9 heteroatoms. The zero-order valence-corrected chi connectivity index (χ0v) is 18.2. The lowest BCUT2D eigenvalue weighted by molar-refractivity contribution is 0.324. The average Bonchev–Trinajstić information content (AvgIpc) is 2.83. The van der Waals surface area contributed by atoms with Crippen molar-refractivity contribution in [2.24, 2.45) is 0 Å². The summed E-state index contributed by atoms with van der Waals surface area (Å²) in [6, 6.07) is 15.1. The van der Waals surface area contributed by atoms with Crippen molar-refractivity contribution < 1.29 is 18.9 Å². The van der Waals surface area contributed by atoms with Crippen LogP contribution in [0, 0.1) is 0 Å². The summed E-state index contributed by atoms with van der Waals surface area (Å²) in [6.07, 6.45) is 1.65. The number of methoxy groups -OCH3 is 4. The molecule has 0 saturated carbocycles. The molecule has 2 aromatic heterocycles. The molecule has 0 amide bonds. The van der Waals surface area contributed by atoms with Crippen LogP contribution in [0.1, 0.15) is 0 Å².